The molecule has 0 fully saturated rings. The predicted octanol–water partition coefficient (Wildman–Crippen LogP) is 4.12. The van der Waals surface area contributed by atoms with Gasteiger partial charge in [0, 0.05) is 12.6 Å². The minimum atomic E-state index is -0.232. The van der Waals surface area contributed by atoms with Crippen molar-refractivity contribution in [3.63, 3.8) is 0 Å². The van der Waals surface area contributed by atoms with Crippen molar-refractivity contribution >= 4 is 0 Å². The maximum absolute atomic E-state index is 13.1. The van der Waals surface area contributed by atoms with E-state index < -0.39 is 0 Å². The summed E-state index contributed by atoms with van der Waals surface area (Å²) < 4.78 is 26.1. The lowest BCUT2D eigenvalue weighted by Crippen LogP contribution is -2.18. The molecule has 3 heteroatoms. The normalized spacial score (nSPS) is 12.4. The summed E-state index contributed by atoms with van der Waals surface area (Å²) in [5.41, 5.74) is 2.86. The molecule has 19 heavy (non-hydrogen) atoms. The second-order valence-corrected chi connectivity index (χ2v) is 4.73. The molecule has 1 unspecified atom stereocenters. The van der Waals surface area contributed by atoms with Crippen LogP contribution in [0.15, 0.2) is 42.5 Å². The highest BCUT2D eigenvalue weighted by molar-refractivity contribution is 5.27. The van der Waals surface area contributed by atoms with Gasteiger partial charge in [0.05, 0.1) is 0 Å². The molecule has 0 aliphatic rings. The molecule has 2 rings (SSSR count). The number of hydrogen-bond acceptors (Lipinski definition) is 1. The summed E-state index contributed by atoms with van der Waals surface area (Å²) in [6.45, 7) is 4.49. The maximum atomic E-state index is 13.1. The van der Waals surface area contributed by atoms with Crippen molar-refractivity contribution in [1.29, 1.82) is 0 Å². The largest absolute Gasteiger partial charge is 0.306 e. The standard InChI is InChI=1S/C16H17F2N/c1-11-8-16(18)7-6-14(11)10-19-12(2)13-4-3-5-15(17)9-13/h3-9,12,19H,10H2,1-2H3. The molecule has 0 aliphatic carbocycles. The first kappa shape index (κ1) is 13.7. The summed E-state index contributed by atoms with van der Waals surface area (Å²) in [7, 11) is 0. The van der Waals surface area contributed by atoms with Gasteiger partial charge in [-0.1, -0.05) is 18.2 Å². The lowest BCUT2D eigenvalue weighted by Gasteiger charge is -2.15. The van der Waals surface area contributed by atoms with E-state index in [4.69, 9.17) is 0 Å². The molecule has 2 aromatic carbocycles. The van der Waals surface area contributed by atoms with Crippen LogP contribution in [0.1, 0.15) is 29.7 Å². The Balaban J connectivity index is 2.02. The van der Waals surface area contributed by atoms with Gasteiger partial charge in [0.15, 0.2) is 0 Å². The number of aryl methyl sites for hydroxylation is 1. The first-order valence-electron chi connectivity index (χ1n) is 6.30. The summed E-state index contributed by atoms with van der Waals surface area (Å²) in [6, 6.07) is 11.3. The summed E-state index contributed by atoms with van der Waals surface area (Å²) in [6.07, 6.45) is 0. The highest BCUT2D eigenvalue weighted by Gasteiger charge is 2.07. The van der Waals surface area contributed by atoms with Gasteiger partial charge in [-0.3, -0.25) is 0 Å². The molecule has 0 saturated heterocycles. The molecule has 0 radical (unpaired) electrons. The molecule has 2 aromatic rings. The SMILES string of the molecule is Cc1cc(F)ccc1CNC(C)c1cccc(F)c1. The molecule has 100 valence electrons. The van der Waals surface area contributed by atoms with Gasteiger partial charge in [0.1, 0.15) is 11.6 Å². The Morgan fingerprint density at radius 1 is 1.05 bits per heavy atom. The summed E-state index contributed by atoms with van der Waals surface area (Å²) >= 11 is 0. The van der Waals surface area contributed by atoms with Gasteiger partial charge in [0.2, 0.25) is 0 Å². The molecule has 0 amide bonds. The number of halogens is 2. The average Bonchev–Trinajstić information content (AvgIpc) is 2.37. The van der Waals surface area contributed by atoms with Crippen LogP contribution in [0.25, 0.3) is 0 Å². The third-order valence-corrected chi connectivity index (χ3v) is 3.25. The van der Waals surface area contributed by atoms with Crippen molar-refractivity contribution in [2.75, 3.05) is 0 Å². The van der Waals surface area contributed by atoms with E-state index in [0.717, 1.165) is 16.7 Å². The van der Waals surface area contributed by atoms with Crippen LogP contribution in [0.4, 0.5) is 8.78 Å². The minimum absolute atomic E-state index is 0.0418. The van der Waals surface area contributed by atoms with Gasteiger partial charge in [-0.2, -0.15) is 0 Å². The van der Waals surface area contributed by atoms with E-state index in [1.807, 2.05) is 19.9 Å². The van der Waals surface area contributed by atoms with Crippen LogP contribution in [0, 0.1) is 18.6 Å². The Morgan fingerprint density at radius 3 is 2.47 bits per heavy atom. The fourth-order valence-electron chi connectivity index (χ4n) is 2.01. The Hall–Kier alpha value is -1.74. The smallest absolute Gasteiger partial charge is 0.123 e. The molecule has 0 bridgehead atoms. The van der Waals surface area contributed by atoms with Crippen molar-refractivity contribution in [3.8, 4) is 0 Å². The van der Waals surface area contributed by atoms with E-state index in [0.29, 0.717) is 6.54 Å². The molecule has 1 nitrogen and oxygen atoms in total. The molecule has 0 heterocycles. The number of benzene rings is 2. The zero-order chi connectivity index (χ0) is 13.8. The summed E-state index contributed by atoms with van der Waals surface area (Å²) in [5.74, 6) is -0.455. The molecule has 0 saturated carbocycles. The Kier molecular flexibility index (Phi) is 4.27. The van der Waals surface area contributed by atoms with E-state index in [1.165, 1.54) is 24.3 Å². The quantitative estimate of drug-likeness (QED) is 0.872. The second-order valence-electron chi connectivity index (χ2n) is 4.73. The van der Waals surface area contributed by atoms with Crippen LogP contribution < -0.4 is 5.32 Å². The van der Waals surface area contributed by atoms with Gasteiger partial charge in [0.25, 0.3) is 0 Å². The van der Waals surface area contributed by atoms with Crippen LogP contribution >= 0.6 is 0 Å². The van der Waals surface area contributed by atoms with Crippen LogP contribution in [0.5, 0.6) is 0 Å². The molecule has 0 aromatic heterocycles. The van der Waals surface area contributed by atoms with Gasteiger partial charge >= 0.3 is 0 Å². The Morgan fingerprint density at radius 2 is 1.79 bits per heavy atom. The van der Waals surface area contributed by atoms with E-state index >= 15 is 0 Å². The highest BCUT2D eigenvalue weighted by atomic mass is 19.1. The van der Waals surface area contributed by atoms with Crippen LogP contribution in [-0.4, -0.2) is 0 Å². The molecule has 0 spiro atoms. The van der Waals surface area contributed by atoms with E-state index in [2.05, 4.69) is 5.32 Å². The lowest BCUT2D eigenvalue weighted by atomic mass is 10.1. The zero-order valence-corrected chi connectivity index (χ0v) is 11.1. The van der Waals surface area contributed by atoms with Crippen molar-refractivity contribution in [1.82, 2.24) is 5.32 Å². The summed E-state index contributed by atoms with van der Waals surface area (Å²) in [4.78, 5) is 0. The Labute approximate surface area is 112 Å². The van der Waals surface area contributed by atoms with Crippen molar-refractivity contribution in [2.45, 2.75) is 26.4 Å². The third kappa shape index (κ3) is 3.61. The molecular formula is C16H17F2N. The lowest BCUT2D eigenvalue weighted by molar-refractivity contribution is 0.562. The molecule has 1 N–H and O–H groups in total. The van der Waals surface area contributed by atoms with Crippen LogP contribution in [-0.2, 0) is 6.54 Å². The maximum Gasteiger partial charge on any atom is 0.123 e. The average molecular weight is 261 g/mol. The van der Waals surface area contributed by atoms with Crippen LogP contribution in [0.3, 0.4) is 0 Å². The fourth-order valence-corrected chi connectivity index (χ4v) is 2.01. The first-order chi connectivity index (χ1) is 9.06. The van der Waals surface area contributed by atoms with Gasteiger partial charge in [-0.05, 0) is 54.8 Å². The number of hydrogen-bond donors (Lipinski definition) is 1. The number of nitrogens with one attached hydrogen (secondary N) is 1. The molecule has 0 aliphatic heterocycles. The van der Waals surface area contributed by atoms with E-state index in [9.17, 15) is 8.78 Å². The first-order valence-corrected chi connectivity index (χ1v) is 6.30. The minimum Gasteiger partial charge on any atom is -0.306 e. The zero-order valence-electron chi connectivity index (χ0n) is 11.1. The van der Waals surface area contributed by atoms with Crippen molar-refractivity contribution in [3.05, 3.63) is 70.8 Å². The fraction of sp³-hybridized carbons (Fsp3) is 0.250. The molecule has 1 atom stereocenters. The van der Waals surface area contributed by atoms with E-state index in [1.54, 1.807) is 12.1 Å². The predicted molar refractivity (Wildman–Crippen MR) is 72.8 cm³/mol. The summed E-state index contributed by atoms with van der Waals surface area (Å²) in [5, 5.41) is 3.31. The van der Waals surface area contributed by atoms with Gasteiger partial charge in [-0.15, -0.1) is 0 Å². The van der Waals surface area contributed by atoms with E-state index in [-0.39, 0.29) is 17.7 Å². The Bertz CT molecular complexity index is 566. The third-order valence-electron chi connectivity index (χ3n) is 3.25. The van der Waals surface area contributed by atoms with Gasteiger partial charge in [-0.25, -0.2) is 8.78 Å². The van der Waals surface area contributed by atoms with Crippen molar-refractivity contribution < 1.29 is 8.78 Å². The number of rotatable bonds is 4. The topological polar surface area (TPSA) is 12.0 Å². The monoisotopic (exact) mass is 261 g/mol. The molecular weight excluding hydrogens is 244 g/mol. The van der Waals surface area contributed by atoms with Crippen molar-refractivity contribution in [2.24, 2.45) is 0 Å². The highest BCUT2D eigenvalue weighted by Crippen LogP contribution is 2.16. The van der Waals surface area contributed by atoms with Crippen LogP contribution in [0.2, 0.25) is 0 Å². The van der Waals surface area contributed by atoms with Gasteiger partial charge < -0.3 is 5.32 Å². The second kappa shape index (κ2) is 5.93.